The third-order valence-electron chi connectivity index (χ3n) is 5.20. The van der Waals surface area contributed by atoms with Gasteiger partial charge < -0.3 is 14.9 Å². The maximum Gasteiger partial charge on any atom is 0.246 e. The fourth-order valence-electron chi connectivity index (χ4n) is 3.65. The Morgan fingerprint density at radius 1 is 1.08 bits per heavy atom. The van der Waals surface area contributed by atoms with Gasteiger partial charge in [0.05, 0.1) is 12.1 Å². The molecule has 0 radical (unpaired) electrons. The Hall–Kier alpha value is -2.18. The summed E-state index contributed by atoms with van der Waals surface area (Å²) in [4.78, 5) is 29.5. The number of hydrogen-bond acceptors (Lipinski definition) is 4. The van der Waals surface area contributed by atoms with E-state index in [0.717, 1.165) is 18.7 Å². The van der Waals surface area contributed by atoms with Gasteiger partial charge in [-0.3, -0.25) is 14.5 Å². The number of nitrogens with zero attached hydrogens (tertiary/aromatic N) is 3. The summed E-state index contributed by atoms with van der Waals surface area (Å²) in [5.74, 6) is 0.0392. The molecule has 0 aromatic heterocycles. The van der Waals surface area contributed by atoms with Crippen LogP contribution in [0.5, 0.6) is 0 Å². The van der Waals surface area contributed by atoms with Gasteiger partial charge in [-0.2, -0.15) is 0 Å². The molecule has 0 aliphatic carbocycles. The molecule has 2 aliphatic heterocycles. The average molecular weight is 357 g/mol. The van der Waals surface area contributed by atoms with Gasteiger partial charge in [0.1, 0.15) is 0 Å². The van der Waals surface area contributed by atoms with Crippen LogP contribution < -0.4 is 0 Å². The van der Waals surface area contributed by atoms with E-state index in [1.807, 2.05) is 35.2 Å². The molecular weight excluding hydrogens is 330 g/mol. The van der Waals surface area contributed by atoms with E-state index in [4.69, 9.17) is 0 Å². The third-order valence-corrected chi connectivity index (χ3v) is 5.20. The zero-order valence-corrected chi connectivity index (χ0v) is 15.3. The van der Waals surface area contributed by atoms with Gasteiger partial charge in [-0.25, -0.2) is 0 Å². The Morgan fingerprint density at radius 2 is 1.77 bits per heavy atom. The number of carbonyl (C=O) groups excluding carboxylic acids is 2. The highest BCUT2D eigenvalue weighted by Crippen LogP contribution is 2.23. The summed E-state index contributed by atoms with van der Waals surface area (Å²) in [6, 6.07) is 9.71. The highest BCUT2D eigenvalue weighted by Gasteiger charge is 2.39. The molecule has 2 fully saturated rings. The van der Waals surface area contributed by atoms with Crippen LogP contribution in [0.1, 0.15) is 18.9 Å². The first kappa shape index (κ1) is 18.6. The fraction of sp³-hybridized carbons (Fsp3) is 0.500. The monoisotopic (exact) mass is 357 g/mol. The second kappa shape index (κ2) is 8.01. The maximum absolute atomic E-state index is 12.4. The minimum Gasteiger partial charge on any atom is -0.387 e. The zero-order chi connectivity index (χ0) is 18.6. The van der Waals surface area contributed by atoms with Gasteiger partial charge in [-0.15, -0.1) is 0 Å². The normalized spacial score (nSPS) is 24.4. The number of β-amino-alcohol motifs (C(OH)–C–C–N with tert-alkyl or cyclic N) is 1. The SMILES string of the molecule is CC(=O)N1CCN(CC2(O)CCN(C(=O)C=Cc3ccccc3)C2)CC1. The molecule has 2 saturated heterocycles. The van der Waals surface area contributed by atoms with Crippen LogP contribution in [0, 0.1) is 0 Å². The lowest BCUT2D eigenvalue weighted by Gasteiger charge is -2.37. The number of piperazine rings is 1. The molecule has 1 aromatic rings. The highest BCUT2D eigenvalue weighted by atomic mass is 16.3. The van der Waals surface area contributed by atoms with Crippen molar-refractivity contribution in [2.75, 3.05) is 45.8 Å². The number of hydrogen-bond donors (Lipinski definition) is 1. The van der Waals surface area contributed by atoms with E-state index in [2.05, 4.69) is 4.90 Å². The Morgan fingerprint density at radius 3 is 2.42 bits per heavy atom. The average Bonchev–Trinajstić information content (AvgIpc) is 3.03. The van der Waals surface area contributed by atoms with Gasteiger partial charge in [0.15, 0.2) is 0 Å². The summed E-state index contributed by atoms with van der Waals surface area (Å²) < 4.78 is 0. The summed E-state index contributed by atoms with van der Waals surface area (Å²) in [7, 11) is 0. The van der Waals surface area contributed by atoms with Crippen LogP contribution in [0.25, 0.3) is 6.08 Å². The van der Waals surface area contributed by atoms with Crippen LogP contribution in [0.3, 0.4) is 0 Å². The Bertz CT molecular complexity index is 668. The zero-order valence-electron chi connectivity index (χ0n) is 15.3. The summed E-state index contributed by atoms with van der Waals surface area (Å²) in [6.07, 6.45) is 3.97. The smallest absolute Gasteiger partial charge is 0.246 e. The molecule has 0 saturated carbocycles. The topological polar surface area (TPSA) is 64.1 Å². The molecule has 0 bridgehead atoms. The lowest BCUT2D eigenvalue weighted by atomic mass is 10.0. The first-order valence-corrected chi connectivity index (χ1v) is 9.17. The van der Waals surface area contributed by atoms with Crippen LogP contribution in [-0.4, -0.2) is 83.0 Å². The van der Waals surface area contributed by atoms with Crippen LogP contribution in [0.4, 0.5) is 0 Å². The predicted octanol–water partition coefficient (Wildman–Crippen LogP) is 0.827. The molecule has 1 N–H and O–H groups in total. The van der Waals surface area contributed by atoms with Crippen molar-refractivity contribution >= 4 is 17.9 Å². The van der Waals surface area contributed by atoms with E-state index in [9.17, 15) is 14.7 Å². The highest BCUT2D eigenvalue weighted by molar-refractivity contribution is 5.92. The number of likely N-dealkylation sites (tertiary alicyclic amines) is 1. The van der Waals surface area contributed by atoms with E-state index in [1.54, 1.807) is 24.0 Å². The molecule has 3 rings (SSSR count). The number of aliphatic hydroxyl groups is 1. The Balaban J connectivity index is 1.50. The molecule has 1 unspecified atom stereocenters. The molecule has 2 aliphatic rings. The van der Waals surface area contributed by atoms with Crippen LogP contribution in [-0.2, 0) is 9.59 Å². The number of amides is 2. The van der Waals surface area contributed by atoms with E-state index in [-0.39, 0.29) is 11.8 Å². The van der Waals surface area contributed by atoms with Crippen molar-refractivity contribution in [2.45, 2.75) is 18.9 Å². The maximum atomic E-state index is 12.4. The third kappa shape index (κ3) is 4.71. The second-order valence-electron chi connectivity index (χ2n) is 7.26. The van der Waals surface area contributed by atoms with Gasteiger partial charge in [0.2, 0.25) is 11.8 Å². The van der Waals surface area contributed by atoms with E-state index in [1.165, 1.54) is 0 Å². The summed E-state index contributed by atoms with van der Waals surface area (Å²) >= 11 is 0. The molecule has 26 heavy (non-hydrogen) atoms. The van der Waals surface area contributed by atoms with Crippen molar-refractivity contribution in [3.05, 3.63) is 42.0 Å². The Kier molecular flexibility index (Phi) is 5.74. The van der Waals surface area contributed by atoms with Crippen molar-refractivity contribution in [3.63, 3.8) is 0 Å². The van der Waals surface area contributed by atoms with Crippen LogP contribution in [0.2, 0.25) is 0 Å². The predicted molar refractivity (Wildman–Crippen MR) is 100 cm³/mol. The van der Waals surface area contributed by atoms with Crippen molar-refractivity contribution in [3.8, 4) is 0 Å². The molecule has 1 atom stereocenters. The lowest BCUT2D eigenvalue weighted by molar-refractivity contribution is -0.131. The summed E-state index contributed by atoms with van der Waals surface area (Å²) in [6.45, 7) is 6.01. The molecule has 2 amide bonds. The standard InChI is InChI=1S/C20H27N3O3/c1-17(24)22-13-11-21(12-14-22)15-20(26)9-10-23(16-20)19(25)8-7-18-5-3-2-4-6-18/h2-8,26H,9-16H2,1H3. The van der Waals surface area contributed by atoms with E-state index < -0.39 is 5.60 Å². The Labute approximate surface area is 154 Å². The first-order chi connectivity index (χ1) is 12.5. The van der Waals surface area contributed by atoms with Gasteiger partial charge in [-0.05, 0) is 18.1 Å². The van der Waals surface area contributed by atoms with Crippen LogP contribution in [0.15, 0.2) is 36.4 Å². The largest absolute Gasteiger partial charge is 0.387 e. The van der Waals surface area contributed by atoms with Crippen molar-refractivity contribution in [2.24, 2.45) is 0 Å². The number of benzene rings is 1. The molecule has 6 nitrogen and oxygen atoms in total. The van der Waals surface area contributed by atoms with Gasteiger partial charge in [-0.1, -0.05) is 30.3 Å². The van der Waals surface area contributed by atoms with Gasteiger partial charge in [0.25, 0.3) is 0 Å². The number of carbonyl (C=O) groups is 2. The summed E-state index contributed by atoms with van der Waals surface area (Å²) in [5, 5.41) is 10.9. The van der Waals surface area contributed by atoms with Crippen molar-refractivity contribution in [1.82, 2.24) is 14.7 Å². The molecule has 1 aromatic carbocycles. The molecular formula is C20H27N3O3. The number of rotatable bonds is 4. The fourth-order valence-corrected chi connectivity index (χ4v) is 3.65. The first-order valence-electron chi connectivity index (χ1n) is 9.17. The summed E-state index contributed by atoms with van der Waals surface area (Å²) in [5.41, 5.74) is 0.118. The van der Waals surface area contributed by atoms with Crippen LogP contribution >= 0.6 is 0 Å². The minimum atomic E-state index is -0.866. The quantitative estimate of drug-likeness (QED) is 0.811. The van der Waals surface area contributed by atoms with E-state index >= 15 is 0 Å². The molecule has 6 heteroatoms. The van der Waals surface area contributed by atoms with Gasteiger partial charge in [0, 0.05) is 52.3 Å². The van der Waals surface area contributed by atoms with Crippen molar-refractivity contribution in [1.29, 1.82) is 0 Å². The molecule has 0 spiro atoms. The van der Waals surface area contributed by atoms with E-state index in [0.29, 0.717) is 39.1 Å². The van der Waals surface area contributed by atoms with Crippen molar-refractivity contribution < 1.29 is 14.7 Å². The van der Waals surface area contributed by atoms with Gasteiger partial charge >= 0.3 is 0 Å². The lowest BCUT2D eigenvalue weighted by Crippen LogP contribution is -2.53. The minimum absolute atomic E-state index is 0.0637. The molecule has 140 valence electrons. The second-order valence-corrected chi connectivity index (χ2v) is 7.26. The molecule has 2 heterocycles.